The minimum atomic E-state index is 0.133. The molecule has 0 spiro atoms. The summed E-state index contributed by atoms with van der Waals surface area (Å²) in [5, 5.41) is 0.765. The largest absolute Gasteiger partial charge is 0.358 e. The highest BCUT2D eigenvalue weighted by molar-refractivity contribution is 6.30. The molecule has 2 unspecified atom stereocenters. The summed E-state index contributed by atoms with van der Waals surface area (Å²) in [5.41, 5.74) is 2.54. The van der Waals surface area contributed by atoms with Gasteiger partial charge in [0, 0.05) is 11.1 Å². The average molecular weight is 288 g/mol. The Kier molecular flexibility index (Phi) is 4.06. The maximum Gasteiger partial charge on any atom is 0.100 e. The van der Waals surface area contributed by atoms with Crippen molar-refractivity contribution in [1.82, 2.24) is 4.90 Å². The molecule has 0 amide bonds. The second kappa shape index (κ2) is 5.96. The fourth-order valence-electron chi connectivity index (χ4n) is 2.72. The monoisotopic (exact) mass is 287 g/mol. The van der Waals surface area contributed by atoms with Crippen LogP contribution in [0.4, 0.5) is 0 Å². The van der Waals surface area contributed by atoms with Gasteiger partial charge in [0.05, 0.1) is 6.10 Å². The van der Waals surface area contributed by atoms with E-state index in [0.29, 0.717) is 12.8 Å². The van der Waals surface area contributed by atoms with E-state index in [4.69, 9.17) is 16.3 Å². The molecule has 0 aromatic heterocycles. The zero-order chi connectivity index (χ0) is 13.9. The summed E-state index contributed by atoms with van der Waals surface area (Å²) < 4.78 is 5.95. The molecule has 104 valence electrons. The topological polar surface area (TPSA) is 12.5 Å². The molecular formula is C17H18ClNO. The van der Waals surface area contributed by atoms with E-state index in [1.165, 1.54) is 11.1 Å². The summed E-state index contributed by atoms with van der Waals surface area (Å²) in [5.74, 6) is 0. The number of benzene rings is 2. The lowest BCUT2D eigenvalue weighted by Crippen LogP contribution is -2.34. The van der Waals surface area contributed by atoms with Crippen LogP contribution in [0.3, 0.4) is 0 Å². The van der Waals surface area contributed by atoms with Crippen LogP contribution in [0, 0.1) is 0 Å². The molecule has 3 heteroatoms. The number of ether oxygens (including phenoxy) is 1. The van der Waals surface area contributed by atoms with Crippen molar-refractivity contribution < 1.29 is 4.74 Å². The predicted molar refractivity (Wildman–Crippen MR) is 81.7 cm³/mol. The lowest BCUT2D eigenvalue weighted by molar-refractivity contribution is -0.0890. The summed E-state index contributed by atoms with van der Waals surface area (Å²) >= 11 is 5.95. The molecule has 2 aromatic rings. The van der Waals surface area contributed by atoms with Crippen molar-refractivity contribution in [2.75, 3.05) is 13.8 Å². The molecule has 20 heavy (non-hydrogen) atoms. The Morgan fingerprint density at radius 3 is 2.40 bits per heavy atom. The molecule has 2 aromatic carbocycles. The van der Waals surface area contributed by atoms with Gasteiger partial charge in [-0.05, 0) is 36.7 Å². The van der Waals surface area contributed by atoms with Crippen LogP contribution in [0.15, 0.2) is 54.6 Å². The molecule has 0 bridgehead atoms. The first-order valence-corrected chi connectivity index (χ1v) is 7.24. The van der Waals surface area contributed by atoms with Gasteiger partial charge in [0.15, 0.2) is 0 Å². The van der Waals surface area contributed by atoms with E-state index in [-0.39, 0.29) is 6.10 Å². The molecular weight excluding hydrogens is 270 g/mol. The van der Waals surface area contributed by atoms with E-state index in [0.717, 1.165) is 11.4 Å². The van der Waals surface area contributed by atoms with E-state index < -0.39 is 0 Å². The molecule has 2 nitrogen and oxygen atoms in total. The third-order valence-corrected chi connectivity index (χ3v) is 4.13. The van der Waals surface area contributed by atoms with Gasteiger partial charge in [0.1, 0.15) is 6.73 Å². The highest BCUT2D eigenvalue weighted by Crippen LogP contribution is 2.36. The van der Waals surface area contributed by atoms with Crippen LogP contribution < -0.4 is 0 Å². The summed E-state index contributed by atoms with van der Waals surface area (Å²) in [7, 11) is 2.11. The van der Waals surface area contributed by atoms with Crippen LogP contribution in [0.25, 0.3) is 0 Å². The average Bonchev–Trinajstić information content (AvgIpc) is 2.50. The summed E-state index contributed by atoms with van der Waals surface area (Å²) in [6.45, 7) is 0.646. The highest BCUT2D eigenvalue weighted by Gasteiger charge is 2.28. The van der Waals surface area contributed by atoms with Crippen LogP contribution in [0.1, 0.15) is 29.7 Å². The fourth-order valence-corrected chi connectivity index (χ4v) is 2.85. The first-order chi connectivity index (χ1) is 9.74. The molecule has 0 radical (unpaired) electrons. The third-order valence-electron chi connectivity index (χ3n) is 3.87. The van der Waals surface area contributed by atoms with Crippen molar-refractivity contribution >= 4 is 11.6 Å². The van der Waals surface area contributed by atoms with Gasteiger partial charge in [-0.15, -0.1) is 0 Å². The molecule has 1 aliphatic heterocycles. The number of hydrogen-bond donors (Lipinski definition) is 0. The Labute approximate surface area is 124 Å². The van der Waals surface area contributed by atoms with E-state index in [9.17, 15) is 0 Å². The molecule has 2 atom stereocenters. The van der Waals surface area contributed by atoms with Gasteiger partial charge in [-0.3, -0.25) is 4.90 Å². The summed E-state index contributed by atoms with van der Waals surface area (Å²) in [6, 6.07) is 19.0. The lowest BCUT2D eigenvalue weighted by atomic mass is 9.95. The van der Waals surface area contributed by atoms with Crippen molar-refractivity contribution in [3.05, 3.63) is 70.7 Å². The van der Waals surface area contributed by atoms with E-state index >= 15 is 0 Å². The molecule has 1 saturated heterocycles. The number of hydrogen-bond acceptors (Lipinski definition) is 2. The lowest BCUT2D eigenvalue weighted by Gasteiger charge is -2.37. The number of nitrogens with zero attached hydrogens (tertiary/aromatic N) is 1. The van der Waals surface area contributed by atoms with Crippen molar-refractivity contribution in [1.29, 1.82) is 0 Å². The minimum Gasteiger partial charge on any atom is -0.358 e. The molecule has 0 saturated carbocycles. The van der Waals surface area contributed by atoms with Gasteiger partial charge >= 0.3 is 0 Å². The van der Waals surface area contributed by atoms with Crippen LogP contribution in [0.5, 0.6) is 0 Å². The second-order valence-electron chi connectivity index (χ2n) is 5.26. The number of rotatable bonds is 2. The molecule has 0 N–H and O–H groups in total. The van der Waals surface area contributed by atoms with Crippen LogP contribution in [0.2, 0.25) is 5.02 Å². The van der Waals surface area contributed by atoms with Crippen LogP contribution >= 0.6 is 11.6 Å². The van der Waals surface area contributed by atoms with E-state index in [2.05, 4.69) is 54.4 Å². The second-order valence-corrected chi connectivity index (χ2v) is 5.69. The summed E-state index contributed by atoms with van der Waals surface area (Å²) in [6.07, 6.45) is 1.09. The SMILES string of the molecule is CN1COC(c2ccc(Cl)cc2)CC1c1ccccc1. The van der Waals surface area contributed by atoms with Gasteiger partial charge in [0.2, 0.25) is 0 Å². The highest BCUT2D eigenvalue weighted by atomic mass is 35.5. The van der Waals surface area contributed by atoms with Crippen molar-refractivity contribution in [2.24, 2.45) is 0 Å². The van der Waals surface area contributed by atoms with Crippen molar-refractivity contribution in [3.8, 4) is 0 Å². The normalized spacial score (nSPS) is 23.7. The predicted octanol–water partition coefficient (Wildman–Crippen LogP) is 4.43. The van der Waals surface area contributed by atoms with Gasteiger partial charge in [-0.2, -0.15) is 0 Å². The van der Waals surface area contributed by atoms with E-state index in [1.807, 2.05) is 12.1 Å². The molecule has 1 aliphatic rings. The molecule has 1 heterocycles. The Bertz CT molecular complexity index is 555. The standard InChI is InChI=1S/C17H18ClNO/c1-19-12-20-17(14-7-9-15(18)10-8-14)11-16(19)13-5-3-2-4-6-13/h2-10,16-17H,11-12H2,1H3. The Morgan fingerprint density at radius 1 is 1.00 bits per heavy atom. The molecule has 3 rings (SSSR count). The maximum atomic E-state index is 5.95. The van der Waals surface area contributed by atoms with Gasteiger partial charge < -0.3 is 4.74 Å². The Morgan fingerprint density at radius 2 is 1.70 bits per heavy atom. The van der Waals surface area contributed by atoms with Gasteiger partial charge in [-0.1, -0.05) is 54.1 Å². The molecule has 1 fully saturated rings. The summed E-state index contributed by atoms with van der Waals surface area (Å²) in [4.78, 5) is 2.25. The zero-order valence-corrected chi connectivity index (χ0v) is 12.3. The third kappa shape index (κ3) is 2.88. The minimum absolute atomic E-state index is 0.133. The molecule has 0 aliphatic carbocycles. The smallest absolute Gasteiger partial charge is 0.100 e. The Balaban J connectivity index is 1.81. The number of halogens is 1. The fraction of sp³-hybridized carbons (Fsp3) is 0.294. The first-order valence-electron chi connectivity index (χ1n) is 6.86. The van der Waals surface area contributed by atoms with Gasteiger partial charge in [0.25, 0.3) is 0 Å². The Hall–Kier alpha value is -1.35. The zero-order valence-electron chi connectivity index (χ0n) is 11.5. The van der Waals surface area contributed by atoms with Crippen LogP contribution in [-0.4, -0.2) is 18.7 Å². The van der Waals surface area contributed by atoms with Crippen LogP contribution in [-0.2, 0) is 4.74 Å². The van der Waals surface area contributed by atoms with Crippen molar-refractivity contribution in [2.45, 2.75) is 18.6 Å². The van der Waals surface area contributed by atoms with E-state index in [1.54, 1.807) is 0 Å². The maximum absolute atomic E-state index is 5.95. The van der Waals surface area contributed by atoms with Gasteiger partial charge in [-0.25, -0.2) is 0 Å². The quantitative estimate of drug-likeness (QED) is 0.810. The van der Waals surface area contributed by atoms with Crippen molar-refractivity contribution in [3.63, 3.8) is 0 Å². The first kappa shape index (κ1) is 13.6.